The molecule has 0 bridgehead atoms. The van der Waals surface area contributed by atoms with Crippen LogP contribution in [0.1, 0.15) is 21.6 Å². The summed E-state index contributed by atoms with van der Waals surface area (Å²) in [7, 11) is 0. The van der Waals surface area contributed by atoms with Crippen LogP contribution in [0.15, 0.2) is 30.5 Å². The molecule has 2 amide bonds. The van der Waals surface area contributed by atoms with Gasteiger partial charge in [0.15, 0.2) is 0 Å². The minimum absolute atomic E-state index is 0.00601. The van der Waals surface area contributed by atoms with Crippen molar-refractivity contribution in [1.29, 1.82) is 0 Å². The normalized spacial score (nSPS) is 17.9. The highest BCUT2D eigenvalue weighted by molar-refractivity contribution is 5.95. The van der Waals surface area contributed by atoms with E-state index in [9.17, 15) is 9.59 Å². The van der Waals surface area contributed by atoms with Gasteiger partial charge in [-0.2, -0.15) is 5.10 Å². The topological polar surface area (TPSA) is 70.9 Å². The molecule has 3 heterocycles. The van der Waals surface area contributed by atoms with Crippen LogP contribution in [0, 0.1) is 13.8 Å². The molecule has 1 aromatic carbocycles. The molecule has 2 aliphatic heterocycles. The van der Waals surface area contributed by atoms with E-state index >= 15 is 0 Å². The zero-order valence-electron chi connectivity index (χ0n) is 17.7. The summed E-state index contributed by atoms with van der Waals surface area (Å²) in [5.41, 5.74) is 3.58. The standard InChI is InChI=1S/C22H29N5O3/c1-17-5-3-4-6-20(17)27-18(2)19(15-23-27)22(29)26-9-7-24(8-10-26)16-21(28)25-11-13-30-14-12-25/h3-6,15H,7-14,16H2,1-2H3. The molecule has 2 aliphatic rings. The summed E-state index contributed by atoms with van der Waals surface area (Å²) in [6, 6.07) is 8.01. The fourth-order valence-corrected chi connectivity index (χ4v) is 4.05. The molecule has 2 aromatic rings. The first-order valence-corrected chi connectivity index (χ1v) is 10.5. The van der Waals surface area contributed by atoms with Gasteiger partial charge < -0.3 is 14.5 Å². The summed E-state index contributed by atoms with van der Waals surface area (Å²) in [6.07, 6.45) is 1.67. The quantitative estimate of drug-likeness (QED) is 0.754. The number of morpholine rings is 1. The molecule has 0 atom stereocenters. The zero-order valence-corrected chi connectivity index (χ0v) is 17.7. The molecule has 2 fully saturated rings. The van der Waals surface area contributed by atoms with Gasteiger partial charge in [-0.05, 0) is 25.5 Å². The molecule has 4 rings (SSSR count). The van der Waals surface area contributed by atoms with E-state index < -0.39 is 0 Å². The van der Waals surface area contributed by atoms with Crippen molar-refractivity contribution in [2.24, 2.45) is 0 Å². The van der Waals surface area contributed by atoms with E-state index in [1.54, 1.807) is 6.20 Å². The molecule has 8 nitrogen and oxygen atoms in total. The number of hydrogen-bond donors (Lipinski definition) is 0. The van der Waals surface area contributed by atoms with Gasteiger partial charge in [-0.25, -0.2) is 4.68 Å². The van der Waals surface area contributed by atoms with Gasteiger partial charge in [-0.3, -0.25) is 14.5 Å². The Balaban J connectivity index is 1.36. The number of aromatic nitrogens is 2. The van der Waals surface area contributed by atoms with Crippen LogP contribution in [-0.2, 0) is 9.53 Å². The average molecular weight is 412 g/mol. The first-order chi connectivity index (χ1) is 14.5. The minimum atomic E-state index is 0.00601. The van der Waals surface area contributed by atoms with Gasteiger partial charge in [0.25, 0.3) is 5.91 Å². The Labute approximate surface area is 177 Å². The zero-order chi connectivity index (χ0) is 21.1. The van der Waals surface area contributed by atoms with Gasteiger partial charge in [-0.15, -0.1) is 0 Å². The number of benzene rings is 1. The number of aryl methyl sites for hydroxylation is 1. The molecular weight excluding hydrogens is 382 g/mol. The second-order valence-electron chi connectivity index (χ2n) is 7.90. The maximum absolute atomic E-state index is 13.1. The second kappa shape index (κ2) is 8.97. The molecule has 0 spiro atoms. The number of amides is 2. The fraction of sp³-hybridized carbons (Fsp3) is 0.500. The van der Waals surface area contributed by atoms with E-state index in [2.05, 4.69) is 10.00 Å². The van der Waals surface area contributed by atoms with Crippen LogP contribution in [0.25, 0.3) is 5.69 Å². The van der Waals surface area contributed by atoms with E-state index in [0.717, 1.165) is 16.9 Å². The minimum Gasteiger partial charge on any atom is -0.378 e. The highest BCUT2D eigenvalue weighted by Gasteiger charge is 2.27. The molecule has 0 saturated carbocycles. The van der Waals surface area contributed by atoms with E-state index in [4.69, 9.17) is 4.74 Å². The summed E-state index contributed by atoms with van der Waals surface area (Å²) in [5, 5.41) is 4.47. The number of carbonyl (C=O) groups is 2. The first-order valence-electron chi connectivity index (χ1n) is 10.5. The summed E-state index contributed by atoms with van der Waals surface area (Å²) in [4.78, 5) is 31.4. The van der Waals surface area contributed by atoms with E-state index in [-0.39, 0.29) is 11.8 Å². The largest absolute Gasteiger partial charge is 0.378 e. The highest BCUT2D eigenvalue weighted by atomic mass is 16.5. The number of para-hydroxylation sites is 1. The van der Waals surface area contributed by atoms with Gasteiger partial charge in [0.1, 0.15) is 0 Å². The van der Waals surface area contributed by atoms with Crippen LogP contribution >= 0.6 is 0 Å². The van der Waals surface area contributed by atoms with Crippen LogP contribution in [0.2, 0.25) is 0 Å². The monoisotopic (exact) mass is 411 g/mol. The smallest absolute Gasteiger partial charge is 0.257 e. The Hall–Kier alpha value is -2.71. The van der Waals surface area contributed by atoms with Crippen molar-refractivity contribution >= 4 is 11.8 Å². The van der Waals surface area contributed by atoms with Crippen LogP contribution in [0.5, 0.6) is 0 Å². The molecule has 30 heavy (non-hydrogen) atoms. The van der Waals surface area contributed by atoms with Crippen LogP contribution in [-0.4, -0.2) is 95.3 Å². The number of hydrogen-bond acceptors (Lipinski definition) is 5. The van der Waals surface area contributed by atoms with Crippen molar-refractivity contribution in [2.45, 2.75) is 13.8 Å². The van der Waals surface area contributed by atoms with Gasteiger partial charge in [0.05, 0.1) is 42.9 Å². The third kappa shape index (κ3) is 4.24. The summed E-state index contributed by atoms with van der Waals surface area (Å²) >= 11 is 0. The van der Waals surface area contributed by atoms with Gasteiger partial charge in [-0.1, -0.05) is 18.2 Å². The lowest BCUT2D eigenvalue weighted by Gasteiger charge is -2.36. The van der Waals surface area contributed by atoms with Gasteiger partial charge >= 0.3 is 0 Å². The third-order valence-corrected chi connectivity index (χ3v) is 5.97. The number of piperazine rings is 1. The maximum Gasteiger partial charge on any atom is 0.257 e. The molecular formula is C22H29N5O3. The second-order valence-corrected chi connectivity index (χ2v) is 7.90. The third-order valence-electron chi connectivity index (χ3n) is 5.97. The molecule has 160 valence electrons. The van der Waals surface area contributed by atoms with Gasteiger partial charge in [0.2, 0.25) is 5.91 Å². The van der Waals surface area contributed by atoms with E-state index in [1.807, 2.05) is 52.6 Å². The van der Waals surface area contributed by atoms with Crippen molar-refractivity contribution in [1.82, 2.24) is 24.5 Å². The van der Waals surface area contributed by atoms with Crippen LogP contribution in [0.3, 0.4) is 0 Å². The predicted molar refractivity (Wildman–Crippen MR) is 113 cm³/mol. The van der Waals surface area contributed by atoms with Crippen LogP contribution in [0.4, 0.5) is 0 Å². The Bertz CT molecular complexity index is 911. The van der Waals surface area contributed by atoms with E-state index in [1.165, 1.54) is 0 Å². The Morgan fingerprint density at radius 3 is 2.37 bits per heavy atom. The SMILES string of the molecule is Cc1ccccc1-n1ncc(C(=O)N2CCN(CC(=O)N3CCOCC3)CC2)c1C. The molecule has 0 radical (unpaired) electrons. The summed E-state index contributed by atoms with van der Waals surface area (Å²) in [5.74, 6) is 0.153. The van der Waals surface area contributed by atoms with Gasteiger partial charge in [0, 0.05) is 39.3 Å². The molecule has 2 saturated heterocycles. The molecule has 0 aliphatic carbocycles. The molecule has 8 heteroatoms. The Morgan fingerprint density at radius 1 is 0.967 bits per heavy atom. The van der Waals surface area contributed by atoms with Crippen LogP contribution < -0.4 is 0 Å². The summed E-state index contributed by atoms with van der Waals surface area (Å²) in [6.45, 7) is 9.58. The van der Waals surface area contributed by atoms with Crippen molar-refractivity contribution in [3.05, 3.63) is 47.3 Å². The lowest BCUT2D eigenvalue weighted by atomic mass is 10.1. The van der Waals surface area contributed by atoms with E-state index in [0.29, 0.717) is 64.6 Å². The predicted octanol–water partition coefficient (Wildman–Crippen LogP) is 1.11. The molecule has 0 N–H and O–H groups in total. The lowest BCUT2D eigenvalue weighted by molar-refractivity contribution is -0.136. The molecule has 0 unspecified atom stereocenters. The van der Waals surface area contributed by atoms with Crippen molar-refractivity contribution in [3.63, 3.8) is 0 Å². The Kier molecular flexibility index (Phi) is 6.15. The number of rotatable bonds is 4. The first kappa shape index (κ1) is 20.6. The lowest BCUT2D eigenvalue weighted by Crippen LogP contribution is -2.52. The molecule has 1 aromatic heterocycles. The van der Waals surface area contributed by atoms with Crippen molar-refractivity contribution < 1.29 is 14.3 Å². The number of carbonyl (C=O) groups excluding carboxylic acids is 2. The number of ether oxygens (including phenoxy) is 1. The van der Waals surface area contributed by atoms with Crippen molar-refractivity contribution in [3.8, 4) is 5.69 Å². The van der Waals surface area contributed by atoms with Crippen molar-refractivity contribution in [2.75, 3.05) is 59.0 Å². The number of nitrogens with zero attached hydrogens (tertiary/aromatic N) is 5. The maximum atomic E-state index is 13.1. The Morgan fingerprint density at radius 2 is 1.67 bits per heavy atom. The summed E-state index contributed by atoms with van der Waals surface area (Å²) < 4.78 is 7.14. The fourth-order valence-electron chi connectivity index (χ4n) is 4.05. The average Bonchev–Trinajstić information content (AvgIpc) is 3.16. The highest BCUT2D eigenvalue weighted by Crippen LogP contribution is 2.19.